The van der Waals surface area contributed by atoms with Crippen LogP contribution in [0.15, 0.2) is 76.5 Å². The summed E-state index contributed by atoms with van der Waals surface area (Å²) in [6.45, 7) is 2.35. The quantitative estimate of drug-likeness (QED) is 0.538. The van der Waals surface area contributed by atoms with Crippen molar-refractivity contribution in [3.05, 3.63) is 83.2 Å². The maximum absolute atomic E-state index is 12.8. The maximum Gasteiger partial charge on any atom is 0.337 e. The first-order valence-corrected chi connectivity index (χ1v) is 8.74. The lowest BCUT2D eigenvalue weighted by Crippen LogP contribution is -2.15. The van der Waals surface area contributed by atoms with E-state index in [1.807, 2.05) is 29.8 Å². The molecule has 2 aromatic carbocycles. The van der Waals surface area contributed by atoms with E-state index in [2.05, 4.69) is 10.3 Å². The Morgan fingerprint density at radius 1 is 1.18 bits per heavy atom. The molecule has 0 aliphatic rings. The van der Waals surface area contributed by atoms with Gasteiger partial charge < -0.3 is 19.0 Å². The van der Waals surface area contributed by atoms with Crippen LogP contribution in [0.3, 0.4) is 0 Å². The number of benzene rings is 2. The monoisotopic (exact) mass is 375 g/mol. The van der Waals surface area contributed by atoms with E-state index in [0.717, 1.165) is 5.69 Å². The first-order valence-electron chi connectivity index (χ1n) is 8.74. The summed E-state index contributed by atoms with van der Waals surface area (Å²) < 4.78 is 12.5. The summed E-state index contributed by atoms with van der Waals surface area (Å²) in [5, 5.41) is 3.35. The highest BCUT2D eigenvalue weighted by Gasteiger charge is 2.14. The smallest absolute Gasteiger partial charge is 0.337 e. The van der Waals surface area contributed by atoms with E-state index < -0.39 is 11.5 Å². The normalized spacial score (nSPS) is 10.8. The molecule has 2 aromatic heterocycles. The number of nitrogens with one attached hydrogen (secondary N) is 1. The highest BCUT2D eigenvalue weighted by molar-refractivity contribution is 6.12. The molecule has 4 aromatic rings. The molecular weight excluding hydrogens is 358 g/mol. The van der Waals surface area contributed by atoms with Gasteiger partial charge in [0.2, 0.25) is 0 Å². The lowest BCUT2D eigenvalue weighted by molar-refractivity contribution is 0.102. The number of rotatable bonds is 5. The van der Waals surface area contributed by atoms with Crippen LogP contribution < -0.4 is 15.7 Å². The summed E-state index contributed by atoms with van der Waals surface area (Å²) in [4.78, 5) is 28.7. The fourth-order valence-corrected chi connectivity index (χ4v) is 2.91. The summed E-state index contributed by atoms with van der Waals surface area (Å²) in [5.74, 6) is 0.184. The van der Waals surface area contributed by atoms with E-state index in [9.17, 15) is 9.59 Å². The van der Waals surface area contributed by atoms with Gasteiger partial charge in [0.1, 0.15) is 11.3 Å². The third-order valence-electron chi connectivity index (χ3n) is 4.20. The second-order valence-corrected chi connectivity index (χ2v) is 6.04. The molecule has 140 valence electrons. The molecule has 28 heavy (non-hydrogen) atoms. The van der Waals surface area contributed by atoms with Crippen LogP contribution in [0, 0.1) is 0 Å². The van der Waals surface area contributed by atoms with Crippen LogP contribution in [0.4, 0.5) is 5.69 Å². The number of aromatic nitrogens is 2. The fraction of sp³-hybridized carbons (Fsp3) is 0.0952. The second kappa shape index (κ2) is 7.40. The maximum atomic E-state index is 12.8. The first-order chi connectivity index (χ1) is 13.6. The van der Waals surface area contributed by atoms with Crippen molar-refractivity contribution in [1.82, 2.24) is 9.55 Å². The Balaban J connectivity index is 1.62. The van der Waals surface area contributed by atoms with Crippen molar-refractivity contribution in [3.8, 4) is 11.4 Å². The Morgan fingerprint density at radius 3 is 2.71 bits per heavy atom. The van der Waals surface area contributed by atoms with Gasteiger partial charge in [-0.1, -0.05) is 0 Å². The molecule has 2 heterocycles. The van der Waals surface area contributed by atoms with Gasteiger partial charge in [0, 0.05) is 41.3 Å². The van der Waals surface area contributed by atoms with Crippen molar-refractivity contribution in [3.63, 3.8) is 0 Å². The molecule has 0 atom stereocenters. The number of carbonyl (C=O) groups excluding carboxylic acids is 1. The molecule has 0 saturated carbocycles. The number of hydrogen-bond acceptors (Lipinski definition) is 5. The van der Waals surface area contributed by atoms with Crippen LogP contribution in [-0.4, -0.2) is 22.1 Å². The number of carbonyl (C=O) groups is 1. The third-order valence-corrected chi connectivity index (χ3v) is 4.20. The van der Waals surface area contributed by atoms with Gasteiger partial charge in [-0.3, -0.25) is 4.79 Å². The second-order valence-electron chi connectivity index (χ2n) is 6.04. The summed E-state index contributed by atoms with van der Waals surface area (Å²) in [6.07, 6.45) is 5.22. The van der Waals surface area contributed by atoms with Gasteiger partial charge in [0.25, 0.3) is 5.91 Å². The Labute approximate surface area is 160 Å². The number of ether oxygens (including phenoxy) is 1. The lowest BCUT2D eigenvalue weighted by atomic mass is 10.1. The average molecular weight is 375 g/mol. The van der Waals surface area contributed by atoms with Crippen molar-refractivity contribution in [2.75, 3.05) is 11.9 Å². The molecule has 0 aliphatic carbocycles. The van der Waals surface area contributed by atoms with Crippen molar-refractivity contribution in [2.45, 2.75) is 6.92 Å². The first kappa shape index (κ1) is 17.5. The summed E-state index contributed by atoms with van der Waals surface area (Å²) in [6, 6.07) is 13.5. The van der Waals surface area contributed by atoms with Gasteiger partial charge in [-0.05, 0) is 43.3 Å². The summed E-state index contributed by atoms with van der Waals surface area (Å²) >= 11 is 0. The minimum absolute atomic E-state index is 0.244. The number of anilines is 1. The molecule has 0 bridgehead atoms. The molecule has 0 radical (unpaired) electrons. The molecule has 0 fully saturated rings. The Morgan fingerprint density at radius 2 is 2.00 bits per heavy atom. The minimum Gasteiger partial charge on any atom is -0.494 e. The Bertz CT molecular complexity index is 1180. The van der Waals surface area contributed by atoms with Gasteiger partial charge in [-0.2, -0.15) is 0 Å². The van der Waals surface area contributed by atoms with Crippen LogP contribution in [0.5, 0.6) is 5.75 Å². The molecule has 0 unspecified atom stereocenters. The highest BCUT2D eigenvalue weighted by Crippen LogP contribution is 2.24. The SMILES string of the molecule is CCOc1ccc2c(C(=O)Nc3ccc(-n4ccnc4)cc3)cc(=O)oc2c1. The molecule has 0 spiro atoms. The average Bonchev–Trinajstić information content (AvgIpc) is 3.22. The van der Waals surface area contributed by atoms with Crippen molar-refractivity contribution in [2.24, 2.45) is 0 Å². The highest BCUT2D eigenvalue weighted by atomic mass is 16.5. The van der Waals surface area contributed by atoms with Crippen molar-refractivity contribution in [1.29, 1.82) is 0 Å². The van der Waals surface area contributed by atoms with Crippen molar-refractivity contribution >= 4 is 22.6 Å². The Hall–Kier alpha value is -3.87. The number of amides is 1. The molecular formula is C21H17N3O4. The third kappa shape index (κ3) is 3.50. The van der Waals surface area contributed by atoms with Gasteiger partial charge in [-0.25, -0.2) is 9.78 Å². The number of imidazole rings is 1. The van der Waals surface area contributed by atoms with Crippen LogP contribution in [-0.2, 0) is 0 Å². The van der Waals surface area contributed by atoms with Crippen LogP contribution in [0.25, 0.3) is 16.7 Å². The zero-order valence-corrected chi connectivity index (χ0v) is 15.1. The molecule has 7 nitrogen and oxygen atoms in total. The number of hydrogen-bond donors (Lipinski definition) is 1. The number of fused-ring (bicyclic) bond motifs is 1. The summed E-state index contributed by atoms with van der Waals surface area (Å²) in [7, 11) is 0. The molecule has 4 rings (SSSR count). The zero-order valence-electron chi connectivity index (χ0n) is 15.1. The van der Waals surface area contributed by atoms with E-state index >= 15 is 0 Å². The van der Waals surface area contributed by atoms with E-state index in [1.165, 1.54) is 6.07 Å². The molecule has 7 heteroatoms. The van der Waals surface area contributed by atoms with E-state index in [0.29, 0.717) is 29.0 Å². The van der Waals surface area contributed by atoms with Gasteiger partial charge in [-0.15, -0.1) is 0 Å². The van der Waals surface area contributed by atoms with Crippen LogP contribution in [0.2, 0.25) is 0 Å². The topological polar surface area (TPSA) is 86.4 Å². The standard InChI is InChI=1S/C21H17N3O4/c1-2-27-16-7-8-17-18(12-20(25)28-19(17)11-16)21(26)23-14-3-5-15(6-4-14)24-10-9-22-13-24/h3-13H,2H2,1H3,(H,23,26). The molecule has 1 N–H and O–H groups in total. The molecule has 0 saturated heterocycles. The van der Waals surface area contributed by atoms with Gasteiger partial charge >= 0.3 is 5.63 Å². The largest absolute Gasteiger partial charge is 0.494 e. The Kier molecular flexibility index (Phi) is 4.63. The van der Waals surface area contributed by atoms with Gasteiger partial charge in [0.05, 0.1) is 18.5 Å². The minimum atomic E-state index is -0.596. The number of nitrogens with zero attached hydrogens (tertiary/aromatic N) is 2. The predicted molar refractivity (Wildman–Crippen MR) is 105 cm³/mol. The predicted octanol–water partition coefficient (Wildman–Crippen LogP) is 3.63. The van der Waals surface area contributed by atoms with Crippen LogP contribution in [0.1, 0.15) is 17.3 Å². The summed E-state index contributed by atoms with van der Waals surface area (Å²) in [5.41, 5.74) is 1.49. The van der Waals surface area contributed by atoms with Crippen LogP contribution >= 0.6 is 0 Å². The lowest BCUT2D eigenvalue weighted by Gasteiger charge is -2.09. The van der Waals surface area contributed by atoms with E-state index in [1.54, 1.807) is 42.9 Å². The zero-order chi connectivity index (χ0) is 19.5. The fourth-order valence-electron chi connectivity index (χ4n) is 2.91. The van der Waals surface area contributed by atoms with Crippen molar-refractivity contribution < 1.29 is 13.9 Å². The molecule has 1 amide bonds. The van der Waals surface area contributed by atoms with E-state index in [-0.39, 0.29) is 5.56 Å². The van der Waals surface area contributed by atoms with E-state index in [4.69, 9.17) is 9.15 Å². The van der Waals surface area contributed by atoms with Gasteiger partial charge in [0.15, 0.2) is 0 Å². The molecule has 0 aliphatic heterocycles.